The number of carbonyl (C=O) groups is 2. The third-order valence-electron chi connectivity index (χ3n) is 3.07. The number of hydrogen-bond donors (Lipinski definition) is 1. The van der Waals surface area contributed by atoms with Crippen molar-refractivity contribution in [3.05, 3.63) is 0 Å². The normalized spacial score (nSPS) is 20.6. The van der Waals surface area contributed by atoms with Crippen molar-refractivity contribution in [2.75, 3.05) is 13.1 Å². The van der Waals surface area contributed by atoms with Crippen molar-refractivity contribution in [3.63, 3.8) is 0 Å². The molecule has 0 aromatic heterocycles. The third-order valence-corrected chi connectivity index (χ3v) is 3.07. The summed E-state index contributed by atoms with van der Waals surface area (Å²) in [4.78, 5) is 25.1. The van der Waals surface area contributed by atoms with Gasteiger partial charge in [0.2, 0.25) is 0 Å². The molecule has 2 amide bonds. The molecule has 0 spiro atoms. The van der Waals surface area contributed by atoms with Crippen LogP contribution in [0.25, 0.3) is 0 Å². The van der Waals surface area contributed by atoms with E-state index in [4.69, 9.17) is 0 Å². The summed E-state index contributed by atoms with van der Waals surface area (Å²) in [5.41, 5.74) is 0. The molecular weight excluding hydrogens is 204 g/mol. The van der Waals surface area contributed by atoms with Gasteiger partial charge in [0.1, 0.15) is 0 Å². The average molecular weight is 226 g/mol. The molecule has 0 radical (unpaired) electrons. The number of nitrogens with one attached hydrogen (secondary N) is 1. The number of hydrogen-bond acceptors (Lipinski definition) is 2. The first-order valence-corrected chi connectivity index (χ1v) is 6.25. The van der Waals surface area contributed by atoms with Gasteiger partial charge >= 0.3 is 11.8 Å². The summed E-state index contributed by atoms with van der Waals surface area (Å²) in [5.74, 6) is -0.800. The summed E-state index contributed by atoms with van der Waals surface area (Å²) in [5, 5.41) is 2.67. The molecular formula is C12H22N2O2. The molecule has 1 atom stereocenters. The quantitative estimate of drug-likeness (QED) is 0.582. The maximum atomic E-state index is 11.8. The van der Waals surface area contributed by atoms with Gasteiger partial charge in [-0.15, -0.1) is 0 Å². The van der Waals surface area contributed by atoms with Crippen molar-refractivity contribution in [2.24, 2.45) is 0 Å². The van der Waals surface area contributed by atoms with E-state index in [1.165, 1.54) is 0 Å². The monoisotopic (exact) mass is 226 g/mol. The van der Waals surface area contributed by atoms with Crippen LogP contribution in [-0.2, 0) is 9.59 Å². The number of likely N-dealkylation sites (tertiary alicyclic amines) is 1. The third kappa shape index (κ3) is 3.51. The first-order chi connectivity index (χ1) is 7.66. The molecule has 1 aliphatic heterocycles. The lowest BCUT2D eigenvalue weighted by Gasteiger charge is -2.32. The Morgan fingerprint density at radius 2 is 2.12 bits per heavy atom. The number of carbonyl (C=O) groups excluding carboxylic acids is 2. The molecule has 1 rings (SSSR count). The van der Waals surface area contributed by atoms with Crippen molar-refractivity contribution in [1.29, 1.82) is 0 Å². The first-order valence-electron chi connectivity index (χ1n) is 6.25. The Balaban J connectivity index is 2.39. The summed E-state index contributed by atoms with van der Waals surface area (Å²) in [6.45, 7) is 5.39. The molecule has 0 saturated carbocycles. The van der Waals surface area contributed by atoms with Crippen LogP contribution in [0.5, 0.6) is 0 Å². The average Bonchev–Trinajstić information content (AvgIpc) is 2.29. The van der Waals surface area contributed by atoms with E-state index in [9.17, 15) is 9.59 Å². The van der Waals surface area contributed by atoms with Gasteiger partial charge in [0.05, 0.1) is 0 Å². The molecule has 1 unspecified atom stereocenters. The SMILES string of the molecule is CCCCNC(=O)C(=O)N1CCCCC1C. The lowest BCUT2D eigenvalue weighted by molar-refractivity contribution is -0.148. The predicted molar refractivity (Wildman–Crippen MR) is 62.9 cm³/mol. The summed E-state index contributed by atoms with van der Waals surface area (Å²) in [6, 6.07) is 0.207. The molecule has 1 N–H and O–H groups in total. The highest BCUT2D eigenvalue weighted by molar-refractivity contribution is 6.35. The van der Waals surface area contributed by atoms with Gasteiger partial charge in [0.25, 0.3) is 0 Å². The van der Waals surface area contributed by atoms with Gasteiger partial charge in [-0.2, -0.15) is 0 Å². The van der Waals surface area contributed by atoms with Crippen LogP contribution in [0.2, 0.25) is 0 Å². The van der Waals surface area contributed by atoms with Gasteiger partial charge in [-0.3, -0.25) is 9.59 Å². The largest absolute Gasteiger partial charge is 0.348 e. The minimum atomic E-state index is -0.442. The van der Waals surface area contributed by atoms with E-state index >= 15 is 0 Å². The summed E-state index contributed by atoms with van der Waals surface area (Å²) in [7, 11) is 0. The van der Waals surface area contributed by atoms with Crippen molar-refractivity contribution in [1.82, 2.24) is 10.2 Å². The van der Waals surface area contributed by atoms with Crippen molar-refractivity contribution in [2.45, 2.75) is 52.0 Å². The number of piperidine rings is 1. The van der Waals surface area contributed by atoms with Gasteiger partial charge in [0, 0.05) is 19.1 Å². The molecule has 1 saturated heterocycles. The molecule has 0 aliphatic carbocycles. The summed E-state index contributed by atoms with van der Waals surface area (Å²) >= 11 is 0. The van der Waals surface area contributed by atoms with Crippen molar-refractivity contribution < 1.29 is 9.59 Å². The highest BCUT2D eigenvalue weighted by Crippen LogP contribution is 2.16. The molecule has 4 nitrogen and oxygen atoms in total. The highest BCUT2D eigenvalue weighted by Gasteiger charge is 2.27. The van der Waals surface area contributed by atoms with Gasteiger partial charge in [-0.25, -0.2) is 0 Å². The smallest absolute Gasteiger partial charge is 0.312 e. The maximum Gasteiger partial charge on any atom is 0.312 e. The molecule has 1 fully saturated rings. The fourth-order valence-corrected chi connectivity index (χ4v) is 1.98. The van der Waals surface area contributed by atoms with Crippen LogP contribution in [-0.4, -0.2) is 35.8 Å². The van der Waals surface area contributed by atoms with Crippen LogP contribution in [0.1, 0.15) is 46.0 Å². The standard InChI is InChI=1S/C12H22N2O2/c1-3-4-8-13-11(15)12(16)14-9-6-5-7-10(14)2/h10H,3-9H2,1-2H3,(H,13,15). The first kappa shape index (κ1) is 13.0. The number of amides is 2. The second-order valence-electron chi connectivity index (χ2n) is 4.45. The van der Waals surface area contributed by atoms with Crippen LogP contribution in [0.15, 0.2) is 0 Å². The van der Waals surface area contributed by atoms with Crippen LogP contribution in [0.4, 0.5) is 0 Å². The Morgan fingerprint density at radius 1 is 1.38 bits per heavy atom. The van der Waals surface area contributed by atoms with Crippen LogP contribution in [0.3, 0.4) is 0 Å². The minimum Gasteiger partial charge on any atom is -0.348 e. The Morgan fingerprint density at radius 3 is 2.75 bits per heavy atom. The molecule has 4 heteroatoms. The second-order valence-corrected chi connectivity index (χ2v) is 4.45. The summed E-state index contributed by atoms with van der Waals surface area (Å²) in [6.07, 6.45) is 5.12. The number of rotatable bonds is 3. The van der Waals surface area contributed by atoms with Crippen LogP contribution < -0.4 is 5.32 Å². The summed E-state index contributed by atoms with van der Waals surface area (Å²) < 4.78 is 0. The zero-order valence-electron chi connectivity index (χ0n) is 10.3. The van der Waals surface area contributed by atoms with Gasteiger partial charge in [0.15, 0.2) is 0 Å². The van der Waals surface area contributed by atoms with E-state index in [1.54, 1.807) is 4.90 Å². The van der Waals surface area contributed by atoms with Gasteiger partial charge in [-0.05, 0) is 32.6 Å². The van der Waals surface area contributed by atoms with Crippen molar-refractivity contribution >= 4 is 11.8 Å². The zero-order valence-corrected chi connectivity index (χ0v) is 10.3. The lowest BCUT2D eigenvalue weighted by Crippen LogP contribution is -2.49. The second kappa shape index (κ2) is 6.51. The molecule has 1 heterocycles. The van der Waals surface area contributed by atoms with E-state index < -0.39 is 5.91 Å². The van der Waals surface area contributed by atoms with Crippen LogP contribution in [0, 0.1) is 0 Å². The van der Waals surface area contributed by atoms with Gasteiger partial charge < -0.3 is 10.2 Å². The Hall–Kier alpha value is -1.06. The van der Waals surface area contributed by atoms with E-state index in [-0.39, 0.29) is 11.9 Å². The predicted octanol–water partition coefficient (Wildman–Crippen LogP) is 1.30. The Bertz CT molecular complexity index is 253. The fourth-order valence-electron chi connectivity index (χ4n) is 1.98. The molecule has 16 heavy (non-hydrogen) atoms. The molecule has 0 aromatic carbocycles. The maximum absolute atomic E-state index is 11.8. The zero-order chi connectivity index (χ0) is 12.0. The van der Waals surface area contributed by atoms with Crippen LogP contribution >= 0.6 is 0 Å². The van der Waals surface area contributed by atoms with E-state index in [2.05, 4.69) is 12.2 Å². The molecule has 92 valence electrons. The molecule has 0 bridgehead atoms. The van der Waals surface area contributed by atoms with E-state index in [0.29, 0.717) is 6.54 Å². The fraction of sp³-hybridized carbons (Fsp3) is 0.833. The molecule has 1 aliphatic rings. The van der Waals surface area contributed by atoms with Gasteiger partial charge in [-0.1, -0.05) is 13.3 Å². The minimum absolute atomic E-state index is 0.207. The number of unbranched alkanes of at least 4 members (excludes halogenated alkanes) is 1. The number of nitrogens with zero attached hydrogens (tertiary/aromatic N) is 1. The topological polar surface area (TPSA) is 49.4 Å². The highest BCUT2D eigenvalue weighted by atomic mass is 16.2. The Kier molecular flexibility index (Phi) is 5.29. The lowest BCUT2D eigenvalue weighted by atomic mass is 10.0. The van der Waals surface area contributed by atoms with E-state index in [0.717, 1.165) is 38.6 Å². The van der Waals surface area contributed by atoms with E-state index in [1.807, 2.05) is 6.92 Å². The Labute approximate surface area is 97.4 Å². The molecule has 0 aromatic rings. The van der Waals surface area contributed by atoms with Crippen molar-refractivity contribution in [3.8, 4) is 0 Å².